The van der Waals surface area contributed by atoms with Crippen molar-refractivity contribution in [2.45, 2.75) is 12.4 Å². The lowest BCUT2D eigenvalue weighted by Gasteiger charge is -2.02. The molecule has 1 aromatic carbocycles. The van der Waals surface area contributed by atoms with Crippen LogP contribution in [0, 0.1) is 0 Å². The number of hydrogen-bond donors (Lipinski definition) is 0. The van der Waals surface area contributed by atoms with Crippen LogP contribution in [0.2, 0.25) is 0 Å². The van der Waals surface area contributed by atoms with E-state index in [0.717, 1.165) is 10.0 Å². The molecule has 2 aromatic rings. The summed E-state index contributed by atoms with van der Waals surface area (Å²) in [6, 6.07) is 8.00. The largest absolute Gasteiger partial charge is 0.224 e. The zero-order valence-electron chi connectivity index (χ0n) is 7.77. The molecule has 1 aromatic heterocycles. The third-order valence-electron chi connectivity index (χ3n) is 1.95. The van der Waals surface area contributed by atoms with Crippen molar-refractivity contribution in [1.82, 2.24) is 20.2 Å². The summed E-state index contributed by atoms with van der Waals surface area (Å²) in [7, 11) is 0. The first kappa shape index (κ1) is 10.6. The van der Waals surface area contributed by atoms with Gasteiger partial charge in [-0.1, -0.05) is 28.1 Å². The van der Waals surface area contributed by atoms with E-state index in [4.69, 9.17) is 11.6 Å². The van der Waals surface area contributed by atoms with Gasteiger partial charge in [-0.25, -0.2) is 4.68 Å². The lowest BCUT2D eigenvalue weighted by atomic mass is 10.2. The van der Waals surface area contributed by atoms with Crippen LogP contribution in [0.5, 0.6) is 0 Å². The Morgan fingerprint density at radius 3 is 3.00 bits per heavy atom. The molecule has 0 aliphatic carbocycles. The SMILES string of the molecule is ClCc1nnnn1Cc1cccc(Br)c1. The number of aromatic nitrogens is 4. The Bertz CT molecular complexity index is 457. The van der Waals surface area contributed by atoms with Crippen LogP contribution in [-0.4, -0.2) is 20.2 Å². The van der Waals surface area contributed by atoms with Gasteiger partial charge in [-0.3, -0.25) is 0 Å². The maximum Gasteiger partial charge on any atom is 0.166 e. The van der Waals surface area contributed by atoms with Gasteiger partial charge in [0, 0.05) is 4.47 Å². The Balaban J connectivity index is 2.22. The summed E-state index contributed by atoms with van der Waals surface area (Å²) >= 11 is 9.11. The first-order valence-electron chi connectivity index (χ1n) is 4.35. The number of nitrogens with zero attached hydrogens (tertiary/aromatic N) is 4. The summed E-state index contributed by atoms with van der Waals surface area (Å²) in [5, 5.41) is 11.3. The average molecular weight is 288 g/mol. The maximum atomic E-state index is 5.70. The molecule has 0 aliphatic rings. The molecule has 2 rings (SSSR count). The summed E-state index contributed by atoms with van der Waals surface area (Å²) in [5.41, 5.74) is 1.13. The molecule has 78 valence electrons. The van der Waals surface area contributed by atoms with E-state index in [1.807, 2.05) is 24.3 Å². The van der Waals surface area contributed by atoms with E-state index in [0.29, 0.717) is 18.2 Å². The van der Waals surface area contributed by atoms with Gasteiger partial charge in [-0.15, -0.1) is 16.7 Å². The van der Waals surface area contributed by atoms with E-state index in [1.54, 1.807) is 4.68 Å². The number of alkyl halides is 1. The molecule has 1 heterocycles. The van der Waals surface area contributed by atoms with Crippen LogP contribution in [-0.2, 0) is 12.4 Å². The zero-order chi connectivity index (χ0) is 10.7. The van der Waals surface area contributed by atoms with Crippen molar-refractivity contribution in [3.63, 3.8) is 0 Å². The summed E-state index contributed by atoms with van der Waals surface area (Å²) < 4.78 is 2.73. The normalized spacial score (nSPS) is 10.5. The fraction of sp³-hybridized carbons (Fsp3) is 0.222. The highest BCUT2D eigenvalue weighted by Crippen LogP contribution is 2.12. The molecule has 0 atom stereocenters. The molecule has 0 saturated carbocycles. The van der Waals surface area contributed by atoms with Gasteiger partial charge < -0.3 is 0 Å². The predicted molar refractivity (Wildman–Crippen MR) is 60.6 cm³/mol. The number of hydrogen-bond acceptors (Lipinski definition) is 3. The lowest BCUT2D eigenvalue weighted by Crippen LogP contribution is -2.05. The molecule has 0 N–H and O–H groups in total. The predicted octanol–water partition coefficient (Wildman–Crippen LogP) is 2.22. The molecular formula is C9H8BrClN4. The summed E-state index contributed by atoms with van der Waals surface area (Å²) in [6.45, 7) is 0.633. The van der Waals surface area contributed by atoms with E-state index in [9.17, 15) is 0 Å². The molecule has 0 fully saturated rings. The van der Waals surface area contributed by atoms with Crippen molar-refractivity contribution in [2.75, 3.05) is 0 Å². The Hall–Kier alpha value is -0.940. The highest BCUT2D eigenvalue weighted by Gasteiger charge is 2.04. The summed E-state index contributed by atoms with van der Waals surface area (Å²) in [4.78, 5) is 0. The maximum absolute atomic E-state index is 5.70. The van der Waals surface area contributed by atoms with Crippen molar-refractivity contribution >= 4 is 27.5 Å². The van der Waals surface area contributed by atoms with Crippen LogP contribution in [0.25, 0.3) is 0 Å². The lowest BCUT2D eigenvalue weighted by molar-refractivity contribution is 0.630. The van der Waals surface area contributed by atoms with E-state index >= 15 is 0 Å². The molecule has 15 heavy (non-hydrogen) atoms. The topological polar surface area (TPSA) is 43.6 Å². The molecule has 0 unspecified atom stereocenters. The Labute approximate surface area is 100 Å². The first-order chi connectivity index (χ1) is 7.29. The minimum atomic E-state index is 0.320. The quantitative estimate of drug-likeness (QED) is 0.813. The minimum absolute atomic E-state index is 0.320. The van der Waals surface area contributed by atoms with E-state index in [-0.39, 0.29) is 0 Å². The second-order valence-electron chi connectivity index (χ2n) is 3.02. The molecule has 0 amide bonds. The van der Waals surface area contributed by atoms with Gasteiger partial charge in [0.25, 0.3) is 0 Å². The van der Waals surface area contributed by atoms with Gasteiger partial charge in [0.15, 0.2) is 5.82 Å². The number of halogens is 2. The Morgan fingerprint density at radius 2 is 2.27 bits per heavy atom. The van der Waals surface area contributed by atoms with E-state index < -0.39 is 0 Å². The van der Waals surface area contributed by atoms with E-state index in [2.05, 4.69) is 31.5 Å². The Kier molecular flexibility index (Phi) is 3.33. The van der Waals surface area contributed by atoms with Gasteiger partial charge >= 0.3 is 0 Å². The molecule has 4 nitrogen and oxygen atoms in total. The van der Waals surface area contributed by atoms with Crippen molar-refractivity contribution in [3.8, 4) is 0 Å². The van der Waals surface area contributed by atoms with Crippen molar-refractivity contribution in [1.29, 1.82) is 0 Å². The molecular weight excluding hydrogens is 279 g/mol. The Morgan fingerprint density at radius 1 is 1.40 bits per heavy atom. The van der Waals surface area contributed by atoms with Crippen molar-refractivity contribution in [3.05, 3.63) is 40.1 Å². The van der Waals surface area contributed by atoms with Crippen LogP contribution in [0.3, 0.4) is 0 Å². The van der Waals surface area contributed by atoms with Gasteiger partial charge in [0.05, 0.1) is 12.4 Å². The highest BCUT2D eigenvalue weighted by atomic mass is 79.9. The van der Waals surface area contributed by atoms with E-state index in [1.165, 1.54) is 0 Å². The van der Waals surface area contributed by atoms with Gasteiger partial charge in [0.2, 0.25) is 0 Å². The molecule has 0 saturated heterocycles. The van der Waals surface area contributed by atoms with Crippen LogP contribution < -0.4 is 0 Å². The fourth-order valence-corrected chi connectivity index (χ4v) is 1.89. The van der Waals surface area contributed by atoms with Crippen LogP contribution in [0.15, 0.2) is 28.7 Å². The number of benzene rings is 1. The molecule has 0 bridgehead atoms. The first-order valence-corrected chi connectivity index (χ1v) is 5.68. The van der Waals surface area contributed by atoms with Gasteiger partial charge in [0.1, 0.15) is 0 Å². The number of tetrazole rings is 1. The van der Waals surface area contributed by atoms with Crippen LogP contribution in [0.4, 0.5) is 0 Å². The fourth-order valence-electron chi connectivity index (χ4n) is 1.25. The third kappa shape index (κ3) is 2.54. The molecule has 0 aliphatic heterocycles. The third-order valence-corrected chi connectivity index (χ3v) is 2.68. The monoisotopic (exact) mass is 286 g/mol. The van der Waals surface area contributed by atoms with Crippen molar-refractivity contribution in [2.24, 2.45) is 0 Å². The summed E-state index contributed by atoms with van der Waals surface area (Å²) in [6.07, 6.45) is 0. The van der Waals surface area contributed by atoms with Crippen LogP contribution >= 0.6 is 27.5 Å². The second-order valence-corrected chi connectivity index (χ2v) is 4.20. The average Bonchev–Trinajstić information content (AvgIpc) is 2.65. The van der Waals surface area contributed by atoms with Crippen molar-refractivity contribution < 1.29 is 0 Å². The highest BCUT2D eigenvalue weighted by molar-refractivity contribution is 9.10. The molecule has 6 heteroatoms. The smallest absolute Gasteiger partial charge is 0.166 e. The minimum Gasteiger partial charge on any atom is -0.224 e. The van der Waals surface area contributed by atoms with Gasteiger partial charge in [-0.2, -0.15) is 0 Å². The molecule has 0 radical (unpaired) electrons. The zero-order valence-corrected chi connectivity index (χ0v) is 10.1. The van der Waals surface area contributed by atoms with Gasteiger partial charge in [-0.05, 0) is 28.1 Å². The summed E-state index contributed by atoms with van der Waals surface area (Å²) in [5.74, 6) is 0.998. The van der Waals surface area contributed by atoms with Crippen LogP contribution in [0.1, 0.15) is 11.4 Å². The second kappa shape index (κ2) is 4.72. The number of rotatable bonds is 3. The standard InChI is InChI=1S/C9H8BrClN4/c10-8-3-1-2-7(4-8)6-15-9(5-11)12-13-14-15/h1-4H,5-6H2. The molecule has 0 spiro atoms.